The normalized spacial score (nSPS) is 18.4. The topological polar surface area (TPSA) is 85.0 Å². The number of benzene rings is 2. The molecule has 196 valence electrons. The number of amides is 3. The Kier molecular flexibility index (Phi) is 7.36. The van der Waals surface area contributed by atoms with Gasteiger partial charge in [0, 0.05) is 68.9 Å². The lowest BCUT2D eigenvalue weighted by atomic mass is 10.1. The lowest BCUT2D eigenvalue weighted by molar-refractivity contribution is -0.117. The number of hydrogen-bond donors (Lipinski definition) is 2. The van der Waals surface area contributed by atoms with Crippen molar-refractivity contribution in [3.8, 4) is 0 Å². The van der Waals surface area contributed by atoms with Gasteiger partial charge in [0.25, 0.3) is 11.8 Å². The van der Waals surface area contributed by atoms with Crippen LogP contribution in [0.2, 0.25) is 0 Å². The van der Waals surface area contributed by atoms with Crippen molar-refractivity contribution in [2.75, 3.05) is 62.6 Å². The Bertz CT molecular complexity index is 1170. The maximum absolute atomic E-state index is 13.6. The zero-order chi connectivity index (χ0) is 25.9. The van der Waals surface area contributed by atoms with E-state index < -0.39 is 17.5 Å². The van der Waals surface area contributed by atoms with E-state index in [4.69, 9.17) is 0 Å². The average Bonchev–Trinajstić information content (AvgIpc) is 3.75. The number of anilines is 2. The zero-order valence-electron chi connectivity index (χ0n) is 20.6. The van der Waals surface area contributed by atoms with E-state index in [2.05, 4.69) is 15.5 Å². The van der Waals surface area contributed by atoms with E-state index in [-0.39, 0.29) is 23.3 Å². The molecule has 0 unspecified atom stereocenters. The minimum atomic E-state index is -0.788. The number of nitrogens with one attached hydrogen (secondary N) is 2. The molecule has 2 saturated heterocycles. The van der Waals surface area contributed by atoms with Crippen LogP contribution < -0.4 is 15.5 Å². The largest absolute Gasteiger partial charge is 0.366 e. The maximum Gasteiger partial charge on any atom is 0.254 e. The van der Waals surface area contributed by atoms with Crippen LogP contribution in [0.5, 0.6) is 0 Å². The van der Waals surface area contributed by atoms with Crippen LogP contribution >= 0.6 is 0 Å². The summed E-state index contributed by atoms with van der Waals surface area (Å²) in [4.78, 5) is 44.1. The van der Waals surface area contributed by atoms with Gasteiger partial charge in [0.05, 0.1) is 11.4 Å². The second-order valence-corrected chi connectivity index (χ2v) is 9.83. The minimum absolute atomic E-state index is 0.00465. The number of nitrogens with zero attached hydrogens (tertiary/aromatic N) is 3. The van der Waals surface area contributed by atoms with E-state index in [0.29, 0.717) is 50.5 Å². The molecule has 0 radical (unpaired) electrons. The van der Waals surface area contributed by atoms with Crippen LogP contribution in [0.4, 0.5) is 20.2 Å². The Morgan fingerprint density at radius 1 is 0.784 bits per heavy atom. The van der Waals surface area contributed by atoms with Gasteiger partial charge in [-0.25, -0.2) is 8.78 Å². The van der Waals surface area contributed by atoms with Crippen LogP contribution in [-0.2, 0) is 4.79 Å². The van der Waals surface area contributed by atoms with Crippen LogP contribution in [-0.4, -0.2) is 79.9 Å². The Morgan fingerprint density at radius 2 is 1.46 bits per heavy atom. The highest BCUT2D eigenvalue weighted by Gasteiger charge is 2.31. The molecule has 2 aromatic rings. The standard InChI is InChI=1S/C27H31F2N5O3/c28-21-14-20(15-22(29)17-21)27(37)34-12-10-32(11-13-34)24-5-4-19(16-23(24)31-25(35)18-2-3-18)26(36)33-8-1-6-30-7-9-33/h4-5,14-18,30H,1-3,6-13H2,(H,31,35). The third-order valence-electron chi connectivity index (χ3n) is 7.09. The summed E-state index contributed by atoms with van der Waals surface area (Å²) in [6.45, 7) is 4.61. The molecular weight excluding hydrogens is 480 g/mol. The molecule has 3 amide bonds. The van der Waals surface area contributed by atoms with E-state index in [0.717, 1.165) is 56.2 Å². The molecule has 0 spiro atoms. The first-order chi connectivity index (χ1) is 17.9. The van der Waals surface area contributed by atoms with Crippen LogP contribution in [0.25, 0.3) is 0 Å². The van der Waals surface area contributed by atoms with Crippen molar-refractivity contribution in [3.05, 3.63) is 59.2 Å². The summed E-state index contributed by atoms with van der Waals surface area (Å²) in [6.07, 6.45) is 2.62. The molecule has 0 bridgehead atoms. The van der Waals surface area contributed by atoms with Gasteiger partial charge in [-0.1, -0.05) is 0 Å². The van der Waals surface area contributed by atoms with E-state index in [1.807, 2.05) is 11.0 Å². The van der Waals surface area contributed by atoms with E-state index in [1.165, 1.54) is 0 Å². The van der Waals surface area contributed by atoms with Crippen molar-refractivity contribution in [2.45, 2.75) is 19.3 Å². The molecule has 2 aromatic carbocycles. The van der Waals surface area contributed by atoms with Gasteiger partial charge < -0.3 is 25.3 Å². The summed E-state index contributed by atoms with van der Waals surface area (Å²) in [5.41, 5.74) is 1.88. The molecule has 3 fully saturated rings. The number of hydrogen-bond acceptors (Lipinski definition) is 5. The first kappa shape index (κ1) is 25.1. The molecule has 1 aliphatic carbocycles. The molecule has 10 heteroatoms. The van der Waals surface area contributed by atoms with Crippen LogP contribution in [0.15, 0.2) is 36.4 Å². The summed E-state index contributed by atoms with van der Waals surface area (Å²) in [5, 5.41) is 6.32. The van der Waals surface area contributed by atoms with Crippen LogP contribution in [0.3, 0.4) is 0 Å². The molecule has 2 N–H and O–H groups in total. The van der Waals surface area contributed by atoms with Crippen molar-refractivity contribution in [3.63, 3.8) is 0 Å². The molecule has 0 atom stereocenters. The molecular formula is C27H31F2N5O3. The van der Waals surface area contributed by atoms with E-state index >= 15 is 0 Å². The fourth-order valence-corrected chi connectivity index (χ4v) is 4.87. The molecule has 3 aliphatic rings. The molecule has 2 heterocycles. The maximum atomic E-state index is 13.6. The fraction of sp³-hybridized carbons (Fsp3) is 0.444. The zero-order valence-corrected chi connectivity index (χ0v) is 20.6. The third-order valence-corrected chi connectivity index (χ3v) is 7.09. The van der Waals surface area contributed by atoms with Crippen LogP contribution in [0.1, 0.15) is 40.0 Å². The number of halogens is 2. The van der Waals surface area contributed by atoms with Crippen LogP contribution in [0, 0.1) is 17.6 Å². The number of rotatable bonds is 5. The first-order valence-electron chi connectivity index (χ1n) is 12.8. The summed E-state index contributed by atoms with van der Waals surface area (Å²) in [5.74, 6) is -2.10. The Balaban J connectivity index is 1.32. The lowest BCUT2D eigenvalue weighted by Crippen LogP contribution is -2.49. The van der Waals surface area contributed by atoms with Gasteiger partial charge in [0.1, 0.15) is 11.6 Å². The predicted octanol–water partition coefficient (Wildman–Crippen LogP) is 2.71. The Labute approximate surface area is 214 Å². The van der Waals surface area contributed by atoms with Gasteiger partial charge in [-0.3, -0.25) is 14.4 Å². The fourth-order valence-electron chi connectivity index (χ4n) is 4.87. The number of carbonyl (C=O) groups excluding carboxylic acids is 3. The van der Waals surface area contributed by atoms with Gasteiger partial charge in [-0.15, -0.1) is 0 Å². The molecule has 2 aliphatic heterocycles. The molecule has 5 rings (SSSR count). The second kappa shape index (κ2) is 10.8. The highest BCUT2D eigenvalue weighted by atomic mass is 19.1. The van der Waals surface area contributed by atoms with Gasteiger partial charge >= 0.3 is 0 Å². The van der Waals surface area contributed by atoms with Gasteiger partial charge in [-0.2, -0.15) is 0 Å². The Morgan fingerprint density at radius 3 is 2.16 bits per heavy atom. The first-order valence-corrected chi connectivity index (χ1v) is 12.8. The second-order valence-electron chi connectivity index (χ2n) is 9.83. The van der Waals surface area contributed by atoms with Crippen molar-refractivity contribution < 1.29 is 23.2 Å². The molecule has 1 saturated carbocycles. The Hall–Kier alpha value is -3.53. The summed E-state index contributed by atoms with van der Waals surface area (Å²) in [6, 6.07) is 8.22. The van der Waals surface area contributed by atoms with Crippen molar-refractivity contribution in [1.29, 1.82) is 0 Å². The SMILES string of the molecule is O=C(Nc1cc(C(=O)N2CCCNCC2)ccc1N1CCN(C(=O)c2cc(F)cc(F)c2)CC1)C1CC1. The van der Waals surface area contributed by atoms with Crippen molar-refractivity contribution >= 4 is 29.1 Å². The van der Waals surface area contributed by atoms with E-state index in [1.54, 1.807) is 17.0 Å². The van der Waals surface area contributed by atoms with Gasteiger partial charge in [-0.05, 0) is 56.1 Å². The van der Waals surface area contributed by atoms with E-state index in [9.17, 15) is 23.2 Å². The van der Waals surface area contributed by atoms with Gasteiger partial charge in [0.2, 0.25) is 5.91 Å². The summed E-state index contributed by atoms with van der Waals surface area (Å²) < 4.78 is 27.2. The minimum Gasteiger partial charge on any atom is -0.366 e. The highest BCUT2D eigenvalue weighted by Crippen LogP contribution is 2.34. The summed E-state index contributed by atoms with van der Waals surface area (Å²) >= 11 is 0. The molecule has 37 heavy (non-hydrogen) atoms. The smallest absolute Gasteiger partial charge is 0.254 e. The third kappa shape index (κ3) is 5.90. The highest BCUT2D eigenvalue weighted by molar-refractivity contribution is 6.01. The van der Waals surface area contributed by atoms with Gasteiger partial charge in [0.15, 0.2) is 0 Å². The average molecular weight is 512 g/mol. The lowest BCUT2D eigenvalue weighted by Gasteiger charge is -2.37. The summed E-state index contributed by atoms with van der Waals surface area (Å²) in [7, 11) is 0. The number of piperazine rings is 1. The predicted molar refractivity (Wildman–Crippen MR) is 136 cm³/mol. The molecule has 0 aromatic heterocycles. The number of carbonyl (C=O) groups is 3. The monoisotopic (exact) mass is 511 g/mol. The van der Waals surface area contributed by atoms with Crippen molar-refractivity contribution in [2.24, 2.45) is 5.92 Å². The van der Waals surface area contributed by atoms with Crippen molar-refractivity contribution in [1.82, 2.24) is 15.1 Å². The quantitative estimate of drug-likeness (QED) is 0.645. The molecule has 8 nitrogen and oxygen atoms in total.